The first kappa shape index (κ1) is 15.4. The van der Waals surface area contributed by atoms with Gasteiger partial charge in [0.15, 0.2) is 0 Å². The van der Waals surface area contributed by atoms with E-state index in [4.69, 9.17) is 17.3 Å². The minimum Gasteiger partial charge on any atom is -0.327 e. The summed E-state index contributed by atoms with van der Waals surface area (Å²) in [6.45, 7) is 2.07. The molecule has 2 aromatic rings. The number of benzene rings is 2. The van der Waals surface area contributed by atoms with Crippen LogP contribution in [-0.4, -0.2) is 11.8 Å². The third-order valence-electron chi connectivity index (χ3n) is 3.07. The van der Waals surface area contributed by atoms with Crippen LogP contribution in [0.2, 0.25) is 5.02 Å². The van der Waals surface area contributed by atoms with Crippen molar-refractivity contribution in [2.24, 2.45) is 5.73 Å². The van der Waals surface area contributed by atoms with E-state index in [9.17, 15) is 4.39 Å². The maximum atomic E-state index is 13.7. The van der Waals surface area contributed by atoms with Gasteiger partial charge in [-0.15, -0.1) is 11.8 Å². The largest absolute Gasteiger partial charge is 0.327 e. The van der Waals surface area contributed by atoms with Gasteiger partial charge in [0.25, 0.3) is 0 Å². The van der Waals surface area contributed by atoms with Crippen molar-refractivity contribution < 1.29 is 4.39 Å². The summed E-state index contributed by atoms with van der Waals surface area (Å²) in [6.07, 6.45) is 0.449. The molecule has 0 aliphatic rings. The standard InChI is InChI=1S/C16H17ClFNS/c1-11-5-2-3-8-16(11)20-10-12(19)9-13-14(17)6-4-7-15(13)18/h2-8,12H,9-10,19H2,1H3. The summed E-state index contributed by atoms with van der Waals surface area (Å²) < 4.78 is 13.7. The summed E-state index contributed by atoms with van der Waals surface area (Å²) in [5.74, 6) is 0.448. The first-order valence-electron chi connectivity index (χ1n) is 6.45. The summed E-state index contributed by atoms with van der Waals surface area (Å²) in [5, 5.41) is 0.446. The molecule has 1 unspecified atom stereocenters. The van der Waals surface area contributed by atoms with E-state index in [1.54, 1.807) is 23.9 Å². The molecule has 106 valence electrons. The van der Waals surface area contributed by atoms with Gasteiger partial charge in [-0.25, -0.2) is 4.39 Å². The van der Waals surface area contributed by atoms with Gasteiger partial charge in [-0.2, -0.15) is 0 Å². The zero-order valence-corrected chi connectivity index (χ0v) is 12.8. The number of hydrogen-bond acceptors (Lipinski definition) is 2. The molecule has 0 saturated heterocycles. The van der Waals surface area contributed by atoms with Gasteiger partial charge in [-0.05, 0) is 37.1 Å². The normalized spacial score (nSPS) is 12.4. The van der Waals surface area contributed by atoms with Crippen LogP contribution in [0.3, 0.4) is 0 Å². The summed E-state index contributed by atoms with van der Waals surface area (Å²) in [5.41, 5.74) is 7.83. The SMILES string of the molecule is Cc1ccccc1SCC(N)Cc1c(F)cccc1Cl. The molecule has 0 aliphatic heterocycles. The highest BCUT2D eigenvalue weighted by Gasteiger charge is 2.12. The molecule has 0 amide bonds. The zero-order valence-electron chi connectivity index (χ0n) is 11.3. The number of nitrogens with two attached hydrogens (primary N) is 1. The zero-order chi connectivity index (χ0) is 14.5. The third kappa shape index (κ3) is 3.98. The second-order valence-electron chi connectivity index (χ2n) is 4.74. The number of hydrogen-bond donors (Lipinski definition) is 1. The number of halogens is 2. The molecule has 0 fully saturated rings. The lowest BCUT2D eigenvalue weighted by Crippen LogP contribution is -2.26. The third-order valence-corrected chi connectivity index (χ3v) is 4.79. The van der Waals surface area contributed by atoms with E-state index in [1.807, 2.05) is 12.1 Å². The summed E-state index contributed by atoms with van der Waals surface area (Å²) in [6, 6.07) is 12.8. The molecule has 0 heterocycles. The van der Waals surface area contributed by atoms with Gasteiger partial charge < -0.3 is 5.73 Å². The van der Waals surface area contributed by atoms with Crippen LogP contribution in [0.15, 0.2) is 47.4 Å². The van der Waals surface area contributed by atoms with Crippen LogP contribution in [0.5, 0.6) is 0 Å². The van der Waals surface area contributed by atoms with Gasteiger partial charge in [-0.3, -0.25) is 0 Å². The highest BCUT2D eigenvalue weighted by atomic mass is 35.5. The fourth-order valence-corrected chi connectivity index (χ4v) is 3.19. The maximum absolute atomic E-state index is 13.7. The van der Waals surface area contributed by atoms with Crippen LogP contribution in [-0.2, 0) is 6.42 Å². The number of rotatable bonds is 5. The molecule has 0 aromatic heterocycles. The van der Waals surface area contributed by atoms with E-state index in [0.717, 1.165) is 5.75 Å². The summed E-state index contributed by atoms with van der Waals surface area (Å²) >= 11 is 7.71. The topological polar surface area (TPSA) is 26.0 Å². The molecule has 2 rings (SSSR count). The Labute approximate surface area is 128 Å². The molecule has 4 heteroatoms. The van der Waals surface area contributed by atoms with Crippen LogP contribution in [0.4, 0.5) is 4.39 Å². The lowest BCUT2D eigenvalue weighted by Gasteiger charge is -2.14. The van der Waals surface area contributed by atoms with Gasteiger partial charge in [-0.1, -0.05) is 35.9 Å². The Morgan fingerprint density at radius 1 is 1.20 bits per heavy atom. The fourth-order valence-electron chi connectivity index (χ4n) is 1.96. The Balaban J connectivity index is 1.96. The monoisotopic (exact) mass is 309 g/mol. The minimum absolute atomic E-state index is 0.131. The Morgan fingerprint density at radius 3 is 2.65 bits per heavy atom. The molecule has 0 saturated carbocycles. The first-order chi connectivity index (χ1) is 9.58. The molecule has 20 heavy (non-hydrogen) atoms. The molecule has 0 bridgehead atoms. The molecule has 1 nitrogen and oxygen atoms in total. The van der Waals surface area contributed by atoms with Gasteiger partial charge in [0.2, 0.25) is 0 Å². The quantitative estimate of drug-likeness (QED) is 0.826. The predicted molar refractivity (Wildman–Crippen MR) is 85.0 cm³/mol. The highest BCUT2D eigenvalue weighted by molar-refractivity contribution is 7.99. The fraction of sp³-hybridized carbons (Fsp3) is 0.250. The molecule has 2 N–H and O–H groups in total. The molecule has 1 atom stereocenters. The average molecular weight is 310 g/mol. The molecule has 0 aliphatic carbocycles. The van der Waals surface area contributed by atoms with Crippen molar-refractivity contribution in [3.63, 3.8) is 0 Å². The lowest BCUT2D eigenvalue weighted by molar-refractivity contribution is 0.597. The van der Waals surface area contributed by atoms with Gasteiger partial charge in [0.05, 0.1) is 0 Å². The number of thioether (sulfide) groups is 1. The molecular formula is C16H17ClFNS. The van der Waals surface area contributed by atoms with Crippen LogP contribution >= 0.6 is 23.4 Å². The molecule has 0 radical (unpaired) electrons. The molecule has 0 spiro atoms. The lowest BCUT2D eigenvalue weighted by atomic mass is 10.1. The smallest absolute Gasteiger partial charge is 0.127 e. The Hall–Kier alpha value is -1.03. The van der Waals surface area contributed by atoms with E-state index < -0.39 is 0 Å². The predicted octanol–water partition coefficient (Wildman–Crippen LogP) is 4.45. The maximum Gasteiger partial charge on any atom is 0.127 e. The minimum atomic E-state index is -0.283. The Morgan fingerprint density at radius 2 is 1.95 bits per heavy atom. The highest BCUT2D eigenvalue weighted by Crippen LogP contribution is 2.25. The van der Waals surface area contributed by atoms with E-state index in [-0.39, 0.29) is 11.9 Å². The number of aryl methyl sites for hydroxylation is 1. The summed E-state index contributed by atoms with van der Waals surface area (Å²) in [4.78, 5) is 1.21. The first-order valence-corrected chi connectivity index (χ1v) is 7.81. The van der Waals surface area contributed by atoms with Crippen LogP contribution in [0.1, 0.15) is 11.1 Å². The van der Waals surface area contributed by atoms with Gasteiger partial charge >= 0.3 is 0 Å². The van der Waals surface area contributed by atoms with Gasteiger partial charge in [0, 0.05) is 27.3 Å². The Bertz CT molecular complexity index is 568. The van der Waals surface area contributed by atoms with Gasteiger partial charge in [0.1, 0.15) is 5.82 Å². The van der Waals surface area contributed by atoms with Crippen LogP contribution < -0.4 is 5.73 Å². The van der Waals surface area contributed by atoms with E-state index in [2.05, 4.69) is 19.1 Å². The van der Waals surface area contributed by atoms with Crippen molar-refractivity contribution in [3.8, 4) is 0 Å². The van der Waals surface area contributed by atoms with E-state index >= 15 is 0 Å². The van der Waals surface area contributed by atoms with E-state index in [0.29, 0.717) is 17.0 Å². The summed E-state index contributed by atoms with van der Waals surface area (Å²) in [7, 11) is 0. The molecule has 2 aromatic carbocycles. The van der Waals surface area contributed by atoms with Crippen molar-refractivity contribution in [2.45, 2.75) is 24.3 Å². The molecular weight excluding hydrogens is 293 g/mol. The second kappa shape index (κ2) is 7.11. The van der Waals surface area contributed by atoms with E-state index in [1.165, 1.54) is 16.5 Å². The van der Waals surface area contributed by atoms with Crippen LogP contribution in [0.25, 0.3) is 0 Å². The average Bonchev–Trinajstić information content (AvgIpc) is 2.42. The van der Waals surface area contributed by atoms with Crippen molar-refractivity contribution in [1.82, 2.24) is 0 Å². The van der Waals surface area contributed by atoms with Crippen molar-refractivity contribution in [1.29, 1.82) is 0 Å². The van der Waals surface area contributed by atoms with Crippen LogP contribution in [0, 0.1) is 12.7 Å². The van der Waals surface area contributed by atoms with Crippen molar-refractivity contribution in [3.05, 3.63) is 64.4 Å². The van der Waals surface area contributed by atoms with Crippen molar-refractivity contribution >= 4 is 23.4 Å². The second-order valence-corrected chi connectivity index (χ2v) is 6.21. The van der Waals surface area contributed by atoms with Crippen molar-refractivity contribution in [2.75, 3.05) is 5.75 Å². The Kier molecular flexibility index (Phi) is 5.46.